The van der Waals surface area contributed by atoms with E-state index in [0.29, 0.717) is 45.4 Å². The third-order valence-electron chi connectivity index (χ3n) is 6.19. The Hall–Kier alpha value is -1.87. The van der Waals surface area contributed by atoms with Gasteiger partial charge < -0.3 is 25.8 Å². The summed E-state index contributed by atoms with van der Waals surface area (Å²) in [6.45, 7) is 2.43. The monoisotopic (exact) mass is 429 g/mol. The molecule has 3 rings (SSSR count). The molecule has 0 aliphatic carbocycles. The average molecular weight is 430 g/mol. The van der Waals surface area contributed by atoms with Gasteiger partial charge in [-0.2, -0.15) is 0 Å². The Morgan fingerprint density at radius 3 is 2.10 bits per heavy atom. The van der Waals surface area contributed by atoms with Crippen molar-refractivity contribution in [2.24, 2.45) is 5.41 Å². The zero-order chi connectivity index (χ0) is 20.3. The number of carbonyl (C=O) groups is 4. The van der Waals surface area contributed by atoms with Crippen molar-refractivity contribution >= 4 is 36.0 Å². The number of halogens is 1. The van der Waals surface area contributed by atoms with Crippen molar-refractivity contribution in [2.45, 2.75) is 50.6 Å². The standard InChI is InChI=1S/C19H31N5O4.ClH/c1-23-9-3-5-13(16(23)26)21-15(25)11-19(7-8-20-12-19)18(28)22-14-6-4-10-24(2)17(14)27;/h13-14,20H,3-12H2,1-2H3,(H,21,25)(H,22,28);1H. The number of carbonyl (C=O) groups excluding carboxylic acids is 4. The molecular weight excluding hydrogens is 398 g/mol. The largest absolute Gasteiger partial charge is 0.344 e. The highest BCUT2D eigenvalue weighted by Crippen LogP contribution is 2.31. The van der Waals surface area contributed by atoms with Crippen molar-refractivity contribution in [3.8, 4) is 0 Å². The lowest BCUT2D eigenvalue weighted by Gasteiger charge is -2.34. The quantitative estimate of drug-likeness (QED) is 0.532. The van der Waals surface area contributed by atoms with E-state index in [1.54, 1.807) is 23.9 Å². The normalized spacial score (nSPS) is 30.0. The molecular formula is C19H32ClN5O4. The van der Waals surface area contributed by atoms with Crippen LogP contribution in [-0.4, -0.2) is 85.8 Å². The molecule has 3 aliphatic rings. The Labute approximate surface area is 177 Å². The van der Waals surface area contributed by atoms with Gasteiger partial charge in [0.1, 0.15) is 12.1 Å². The number of hydrogen-bond acceptors (Lipinski definition) is 5. The molecule has 3 unspecified atom stereocenters. The van der Waals surface area contributed by atoms with E-state index in [4.69, 9.17) is 0 Å². The van der Waals surface area contributed by atoms with E-state index in [-0.39, 0.29) is 42.5 Å². The second-order valence-corrected chi connectivity index (χ2v) is 8.33. The summed E-state index contributed by atoms with van der Waals surface area (Å²) in [5.41, 5.74) is -0.885. The van der Waals surface area contributed by atoms with Crippen molar-refractivity contribution in [3.63, 3.8) is 0 Å². The van der Waals surface area contributed by atoms with E-state index in [1.807, 2.05) is 0 Å². The predicted octanol–water partition coefficient (Wildman–Crippen LogP) is -0.748. The number of hydrogen-bond donors (Lipinski definition) is 3. The minimum atomic E-state index is -0.885. The van der Waals surface area contributed by atoms with Crippen molar-refractivity contribution in [1.29, 1.82) is 0 Å². The van der Waals surface area contributed by atoms with Crippen molar-refractivity contribution < 1.29 is 19.2 Å². The van der Waals surface area contributed by atoms with Crippen LogP contribution in [0.25, 0.3) is 0 Å². The van der Waals surface area contributed by atoms with Gasteiger partial charge in [-0.1, -0.05) is 0 Å². The summed E-state index contributed by atoms with van der Waals surface area (Å²) in [6.07, 6.45) is 3.47. The Kier molecular flexibility index (Phi) is 7.87. The van der Waals surface area contributed by atoms with Crippen LogP contribution in [0.1, 0.15) is 38.5 Å². The van der Waals surface area contributed by atoms with Gasteiger partial charge in [0.15, 0.2) is 0 Å². The van der Waals surface area contributed by atoms with Crippen molar-refractivity contribution in [2.75, 3.05) is 40.3 Å². The van der Waals surface area contributed by atoms with Crippen molar-refractivity contribution in [1.82, 2.24) is 25.8 Å². The zero-order valence-electron chi connectivity index (χ0n) is 17.2. The summed E-state index contributed by atoms with van der Waals surface area (Å²) in [5.74, 6) is -0.715. The fraction of sp³-hybridized carbons (Fsp3) is 0.789. The number of nitrogens with one attached hydrogen (secondary N) is 3. The number of amides is 4. The van der Waals surface area contributed by atoms with Crippen molar-refractivity contribution in [3.05, 3.63) is 0 Å². The number of likely N-dealkylation sites (N-methyl/N-ethyl adjacent to an activating group) is 2. The van der Waals surface area contributed by atoms with Gasteiger partial charge in [-0.05, 0) is 38.6 Å². The molecule has 0 saturated carbocycles. The third kappa shape index (κ3) is 5.19. The van der Waals surface area contributed by atoms with Gasteiger partial charge in [0, 0.05) is 40.2 Å². The molecule has 3 heterocycles. The van der Waals surface area contributed by atoms with Crippen LogP contribution in [0.3, 0.4) is 0 Å². The molecule has 9 nitrogen and oxygen atoms in total. The Morgan fingerprint density at radius 2 is 1.59 bits per heavy atom. The van der Waals surface area contributed by atoms with E-state index in [1.165, 1.54) is 0 Å². The molecule has 0 spiro atoms. The smallest absolute Gasteiger partial charge is 0.244 e. The summed E-state index contributed by atoms with van der Waals surface area (Å²) in [5, 5.41) is 8.86. The van der Waals surface area contributed by atoms with Crippen LogP contribution in [0.4, 0.5) is 0 Å². The van der Waals surface area contributed by atoms with Gasteiger partial charge in [0.05, 0.1) is 5.41 Å². The highest BCUT2D eigenvalue weighted by atomic mass is 35.5. The van der Waals surface area contributed by atoms with Crippen LogP contribution in [-0.2, 0) is 19.2 Å². The van der Waals surface area contributed by atoms with Gasteiger partial charge in [-0.25, -0.2) is 0 Å². The van der Waals surface area contributed by atoms with Crippen LogP contribution in [0.2, 0.25) is 0 Å². The third-order valence-corrected chi connectivity index (χ3v) is 6.19. The molecule has 0 radical (unpaired) electrons. The van der Waals surface area contributed by atoms with Crippen LogP contribution in [0.5, 0.6) is 0 Å². The molecule has 3 saturated heterocycles. The van der Waals surface area contributed by atoms with Crippen LogP contribution in [0.15, 0.2) is 0 Å². The molecule has 4 amide bonds. The second kappa shape index (κ2) is 9.75. The number of likely N-dealkylation sites (tertiary alicyclic amines) is 2. The first-order chi connectivity index (χ1) is 13.3. The molecule has 3 fully saturated rings. The lowest BCUT2D eigenvalue weighted by Crippen LogP contribution is -2.56. The zero-order valence-corrected chi connectivity index (χ0v) is 18.0. The van der Waals surface area contributed by atoms with Gasteiger partial charge in [-0.3, -0.25) is 19.2 Å². The fourth-order valence-electron chi connectivity index (χ4n) is 4.37. The molecule has 3 N–H and O–H groups in total. The minimum Gasteiger partial charge on any atom is -0.344 e. The Balaban J connectivity index is 0.00000300. The summed E-state index contributed by atoms with van der Waals surface area (Å²) in [6, 6.07) is -1.05. The molecule has 3 atom stereocenters. The fourth-order valence-corrected chi connectivity index (χ4v) is 4.37. The maximum absolute atomic E-state index is 13.1. The molecule has 0 aromatic heterocycles. The van der Waals surface area contributed by atoms with Gasteiger partial charge in [0.2, 0.25) is 23.6 Å². The summed E-state index contributed by atoms with van der Waals surface area (Å²) >= 11 is 0. The highest BCUT2D eigenvalue weighted by Gasteiger charge is 2.45. The first-order valence-corrected chi connectivity index (χ1v) is 10.1. The minimum absolute atomic E-state index is 0. The molecule has 3 aliphatic heterocycles. The molecule has 0 aromatic carbocycles. The Morgan fingerprint density at radius 1 is 1.03 bits per heavy atom. The first kappa shape index (κ1) is 23.4. The second-order valence-electron chi connectivity index (χ2n) is 8.33. The Bertz CT molecular complexity index is 653. The van der Waals surface area contributed by atoms with E-state index in [2.05, 4.69) is 16.0 Å². The van der Waals surface area contributed by atoms with E-state index < -0.39 is 17.5 Å². The summed E-state index contributed by atoms with van der Waals surface area (Å²) in [7, 11) is 3.47. The van der Waals surface area contributed by atoms with Gasteiger partial charge >= 0.3 is 0 Å². The SMILES string of the molecule is CN1CCCC(NC(=O)CC2(C(=O)NC3CCCN(C)C3=O)CCNC2)C1=O.Cl. The van der Waals surface area contributed by atoms with Crippen LogP contribution >= 0.6 is 12.4 Å². The number of piperidine rings is 2. The van der Waals surface area contributed by atoms with Gasteiger partial charge in [0.25, 0.3) is 0 Å². The average Bonchev–Trinajstić information content (AvgIpc) is 3.12. The van der Waals surface area contributed by atoms with Crippen LogP contribution in [0, 0.1) is 5.41 Å². The van der Waals surface area contributed by atoms with E-state index >= 15 is 0 Å². The summed E-state index contributed by atoms with van der Waals surface area (Å²) in [4.78, 5) is 53.5. The predicted molar refractivity (Wildman–Crippen MR) is 109 cm³/mol. The summed E-state index contributed by atoms with van der Waals surface area (Å²) < 4.78 is 0. The number of nitrogens with zero attached hydrogens (tertiary/aromatic N) is 2. The maximum atomic E-state index is 13.1. The lowest BCUT2D eigenvalue weighted by atomic mass is 9.81. The molecule has 0 aromatic rings. The molecule has 164 valence electrons. The lowest BCUT2D eigenvalue weighted by molar-refractivity contribution is -0.142. The molecule has 29 heavy (non-hydrogen) atoms. The van der Waals surface area contributed by atoms with E-state index in [0.717, 1.165) is 12.8 Å². The maximum Gasteiger partial charge on any atom is 0.244 e. The first-order valence-electron chi connectivity index (χ1n) is 10.1. The van der Waals surface area contributed by atoms with Crippen LogP contribution < -0.4 is 16.0 Å². The topological polar surface area (TPSA) is 111 Å². The number of rotatable bonds is 5. The van der Waals surface area contributed by atoms with E-state index in [9.17, 15) is 19.2 Å². The van der Waals surface area contributed by atoms with Gasteiger partial charge in [-0.15, -0.1) is 12.4 Å². The molecule has 0 bridgehead atoms. The highest BCUT2D eigenvalue weighted by molar-refractivity contribution is 5.94. The molecule has 10 heteroatoms.